The lowest BCUT2D eigenvalue weighted by atomic mass is 10.1. The minimum Gasteiger partial charge on any atom is -0.497 e. The first-order valence-electron chi connectivity index (χ1n) is 7.54. The highest BCUT2D eigenvalue weighted by molar-refractivity contribution is 7.82. The Morgan fingerprint density at radius 1 is 1.29 bits per heavy atom. The van der Waals surface area contributed by atoms with E-state index in [9.17, 15) is 4.21 Å². The van der Waals surface area contributed by atoms with Crippen molar-refractivity contribution >= 4 is 11.0 Å². The molecule has 0 aliphatic carbocycles. The van der Waals surface area contributed by atoms with Crippen molar-refractivity contribution in [3.63, 3.8) is 0 Å². The van der Waals surface area contributed by atoms with Gasteiger partial charge in [-0.3, -0.25) is 0 Å². The Morgan fingerprint density at radius 2 is 1.90 bits per heavy atom. The quantitative estimate of drug-likeness (QED) is 0.763. The van der Waals surface area contributed by atoms with Gasteiger partial charge in [0.25, 0.3) is 0 Å². The normalized spacial score (nSPS) is 14.4. The molecule has 2 atom stereocenters. The van der Waals surface area contributed by atoms with Crippen molar-refractivity contribution in [3.05, 3.63) is 24.3 Å². The van der Waals surface area contributed by atoms with E-state index in [1.54, 1.807) is 7.11 Å². The fourth-order valence-corrected chi connectivity index (χ4v) is 3.38. The topological polar surface area (TPSA) is 55.6 Å². The molecule has 5 heteroatoms. The van der Waals surface area contributed by atoms with Crippen molar-refractivity contribution in [2.24, 2.45) is 11.7 Å². The number of ether oxygens (including phenoxy) is 1. The second-order valence-corrected chi connectivity index (χ2v) is 7.15. The molecule has 0 amide bonds. The fraction of sp³-hybridized carbons (Fsp3) is 0.625. The van der Waals surface area contributed by atoms with Gasteiger partial charge in [0.1, 0.15) is 16.7 Å². The van der Waals surface area contributed by atoms with E-state index >= 15 is 0 Å². The molecule has 0 fully saturated rings. The van der Waals surface area contributed by atoms with Gasteiger partial charge >= 0.3 is 0 Å². The first kappa shape index (κ1) is 18.1. The molecule has 1 rings (SSSR count). The molecule has 1 unspecified atom stereocenters. The number of benzene rings is 1. The third-order valence-corrected chi connectivity index (χ3v) is 4.81. The summed E-state index contributed by atoms with van der Waals surface area (Å²) in [5, 5.41) is 0. The number of nitrogens with zero attached hydrogens (tertiary/aromatic N) is 1. The maximum Gasteiger partial charge on any atom is 0.127 e. The maximum absolute atomic E-state index is 12.7. The lowest BCUT2D eigenvalue weighted by Gasteiger charge is -2.24. The van der Waals surface area contributed by atoms with Crippen LogP contribution in [0, 0.1) is 5.92 Å². The second-order valence-electron chi connectivity index (χ2n) is 5.66. The molecule has 2 N–H and O–H groups in total. The van der Waals surface area contributed by atoms with Gasteiger partial charge in [0.15, 0.2) is 0 Å². The molecule has 21 heavy (non-hydrogen) atoms. The molecule has 0 radical (unpaired) electrons. The molecule has 1 aromatic carbocycles. The van der Waals surface area contributed by atoms with E-state index in [1.807, 2.05) is 28.6 Å². The van der Waals surface area contributed by atoms with Crippen LogP contribution in [0.1, 0.15) is 33.6 Å². The molecule has 0 bridgehead atoms. The Labute approximate surface area is 131 Å². The van der Waals surface area contributed by atoms with Gasteiger partial charge in [-0.1, -0.05) is 20.8 Å². The molecule has 1 aromatic rings. The van der Waals surface area contributed by atoms with Crippen molar-refractivity contribution in [3.8, 4) is 5.75 Å². The summed E-state index contributed by atoms with van der Waals surface area (Å²) < 4.78 is 19.9. The van der Waals surface area contributed by atoms with Crippen molar-refractivity contribution in [2.75, 3.05) is 20.2 Å². The number of hydrogen-bond acceptors (Lipinski definition) is 3. The number of nitrogens with two attached hydrogens (primary N) is 1. The molecular weight excluding hydrogens is 284 g/mol. The Morgan fingerprint density at radius 3 is 2.38 bits per heavy atom. The standard InChI is InChI=1S/C16H28N2O2S/c1-5-14(17)10-11-18(12-13(2)3)21(19)16-8-6-15(20-4)7-9-16/h6-9,13-14H,5,10-12,17H2,1-4H3/t14-,21?/m0/s1. The smallest absolute Gasteiger partial charge is 0.127 e. The van der Waals surface area contributed by atoms with Crippen LogP contribution >= 0.6 is 0 Å². The molecule has 0 heterocycles. The van der Waals surface area contributed by atoms with Crippen LogP contribution in [0.15, 0.2) is 29.2 Å². The molecule has 0 aliphatic rings. The van der Waals surface area contributed by atoms with Crippen molar-refractivity contribution in [1.82, 2.24) is 4.31 Å². The number of rotatable bonds is 9. The zero-order chi connectivity index (χ0) is 15.8. The summed E-state index contributed by atoms with van der Waals surface area (Å²) in [6.45, 7) is 7.91. The Balaban J connectivity index is 2.77. The lowest BCUT2D eigenvalue weighted by molar-refractivity contribution is 0.369. The van der Waals surface area contributed by atoms with Crippen LogP contribution in [-0.4, -0.2) is 34.8 Å². The third-order valence-electron chi connectivity index (χ3n) is 3.34. The fourth-order valence-electron chi connectivity index (χ4n) is 2.00. The molecular formula is C16H28N2O2S. The second kappa shape index (κ2) is 9.18. The zero-order valence-corrected chi connectivity index (χ0v) is 14.4. The molecule has 0 aromatic heterocycles. The first-order valence-corrected chi connectivity index (χ1v) is 8.65. The van der Waals surface area contributed by atoms with Crippen molar-refractivity contribution in [1.29, 1.82) is 0 Å². The average Bonchev–Trinajstić information content (AvgIpc) is 2.50. The monoisotopic (exact) mass is 312 g/mol. The van der Waals surface area contributed by atoms with Gasteiger partial charge in [-0.25, -0.2) is 8.51 Å². The van der Waals surface area contributed by atoms with Gasteiger partial charge in [-0.2, -0.15) is 0 Å². The van der Waals surface area contributed by atoms with E-state index in [0.29, 0.717) is 5.92 Å². The molecule has 0 aliphatic heterocycles. The molecule has 4 nitrogen and oxygen atoms in total. The first-order chi connectivity index (χ1) is 9.97. The SMILES string of the molecule is CC[C@H](N)CCN(CC(C)C)S(=O)c1ccc(OC)cc1. The summed E-state index contributed by atoms with van der Waals surface area (Å²) in [5.74, 6) is 1.24. The average molecular weight is 312 g/mol. The van der Waals surface area contributed by atoms with Crippen LogP contribution in [0.2, 0.25) is 0 Å². The predicted molar refractivity (Wildman–Crippen MR) is 88.7 cm³/mol. The zero-order valence-electron chi connectivity index (χ0n) is 13.5. The van der Waals surface area contributed by atoms with E-state index in [4.69, 9.17) is 10.5 Å². The van der Waals surface area contributed by atoms with Crippen LogP contribution in [0.3, 0.4) is 0 Å². The number of methoxy groups -OCH3 is 1. The van der Waals surface area contributed by atoms with Gasteiger partial charge in [0.2, 0.25) is 0 Å². The minimum absolute atomic E-state index is 0.174. The van der Waals surface area contributed by atoms with Crippen LogP contribution in [-0.2, 0) is 11.0 Å². The van der Waals surface area contributed by atoms with Gasteiger partial charge in [0, 0.05) is 19.1 Å². The summed E-state index contributed by atoms with van der Waals surface area (Å²) >= 11 is 0. The van der Waals surface area contributed by atoms with E-state index in [1.165, 1.54) is 0 Å². The Kier molecular flexibility index (Phi) is 7.93. The Hall–Kier alpha value is -0.910. The van der Waals surface area contributed by atoms with Crippen LogP contribution in [0.5, 0.6) is 5.75 Å². The highest BCUT2D eigenvalue weighted by Gasteiger charge is 2.17. The van der Waals surface area contributed by atoms with Gasteiger partial charge in [-0.05, 0) is 43.0 Å². The van der Waals surface area contributed by atoms with Crippen molar-refractivity contribution in [2.45, 2.75) is 44.6 Å². The Bertz CT molecular complexity index is 434. The molecule has 0 saturated heterocycles. The number of hydrogen-bond donors (Lipinski definition) is 1. The highest BCUT2D eigenvalue weighted by atomic mass is 32.2. The van der Waals surface area contributed by atoms with E-state index in [2.05, 4.69) is 20.8 Å². The van der Waals surface area contributed by atoms with Crippen molar-refractivity contribution < 1.29 is 8.95 Å². The third kappa shape index (κ3) is 6.16. The largest absolute Gasteiger partial charge is 0.497 e. The van der Waals surface area contributed by atoms with Crippen LogP contribution < -0.4 is 10.5 Å². The maximum atomic E-state index is 12.7. The summed E-state index contributed by atoms with van der Waals surface area (Å²) in [4.78, 5) is 0.807. The van der Waals surface area contributed by atoms with Gasteiger partial charge in [0.05, 0.1) is 12.0 Å². The molecule has 0 saturated carbocycles. The van der Waals surface area contributed by atoms with Gasteiger partial charge < -0.3 is 10.5 Å². The summed E-state index contributed by atoms with van der Waals surface area (Å²) in [5.41, 5.74) is 5.99. The van der Waals surface area contributed by atoms with E-state index < -0.39 is 11.0 Å². The van der Waals surface area contributed by atoms with Gasteiger partial charge in [-0.15, -0.1) is 0 Å². The predicted octanol–water partition coefficient (Wildman–Crippen LogP) is 2.80. The van der Waals surface area contributed by atoms with Crippen LogP contribution in [0.4, 0.5) is 0 Å². The highest BCUT2D eigenvalue weighted by Crippen LogP contribution is 2.18. The molecule has 120 valence electrons. The lowest BCUT2D eigenvalue weighted by Crippen LogP contribution is -2.34. The summed E-state index contributed by atoms with van der Waals surface area (Å²) in [7, 11) is 0.480. The summed E-state index contributed by atoms with van der Waals surface area (Å²) in [6, 6.07) is 7.59. The van der Waals surface area contributed by atoms with E-state index in [0.717, 1.165) is 36.6 Å². The van der Waals surface area contributed by atoms with E-state index in [-0.39, 0.29) is 6.04 Å². The minimum atomic E-state index is -1.15. The van der Waals surface area contributed by atoms with Crippen LogP contribution in [0.25, 0.3) is 0 Å². The summed E-state index contributed by atoms with van der Waals surface area (Å²) in [6.07, 6.45) is 1.82. The molecule has 0 spiro atoms.